The van der Waals surface area contributed by atoms with E-state index >= 15 is 0 Å². The molecule has 1 aliphatic rings. The van der Waals surface area contributed by atoms with Crippen molar-refractivity contribution in [2.24, 2.45) is 5.92 Å². The van der Waals surface area contributed by atoms with E-state index in [9.17, 15) is 14.0 Å². The first-order chi connectivity index (χ1) is 8.56. The van der Waals surface area contributed by atoms with Crippen LogP contribution in [-0.2, 0) is 9.53 Å². The predicted molar refractivity (Wildman–Crippen MR) is 63.3 cm³/mol. The van der Waals surface area contributed by atoms with E-state index in [0.717, 1.165) is 0 Å². The summed E-state index contributed by atoms with van der Waals surface area (Å²) in [5.41, 5.74) is -0.121. The second-order valence-electron chi connectivity index (χ2n) is 4.46. The van der Waals surface area contributed by atoms with E-state index in [4.69, 9.17) is 4.74 Å². The van der Waals surface area contributed by atoms with Crippen LogP contribution in [0.15, 0.2) is 36.1 Å². The third-order valence-electron chi connectivity index (χ3n) is 2.74. The van der Waals surface area contributed by atoms with E-state index in [1.807, 2.05) is 6.92 Å². The lowest BCUT2D eigenvalue weighted by Crippen LogP contribution is -2.16. The number of allylic oxidation sites excluding steroid dienone is 2. The van der Waals surface area contributed by atoms with Crippen molar-refractivity contribution in [3.8, 4) is 0 Å². The minimum Gasteiger partial charge on any atom is -0.427 e. The summed E-state index contributed by atoms with van der Waals surface area (Å²) >= 11 is 0. The summed E-state index contributed by atoms with van der Waals surface area (Å²) in [5, 5.41) is 0. The molecule has 1 aliphatic carbocycles. The lowest BCUT2D eigenvalue weighted by atomic mass is 9.94. The highest BCUT2D eigenvalue weighted by molar-refractivity contribution is 5.93. The average molecular weight is 248 g/mol. The molecule has 1 aromatic rings. The topological polar surface area (TPSA) is 43.4 Å². The van der Waals surface area contributed by atoms with Crippen LogP contribution in [-0.4, -0.2) is 11.8 Å². The van der Waals surface area contributed by atoms with Crippen molar-refractivity contribution in [2.45, 2.75) is 19.8 Å². The summed E-state index contributed by atoms with van der Waals surface area (Å²) in [6.45, 7) is 1.90. The Hall–Kier alpha value is -1.97. The number of carbonyl (C=O) groups excluding carboxylic acids is 2. The van der Waals surface area contributed by atoms with Crippen LogP contribution in [0.1, 0.15) is 30.1 Å². The Labute approximate surface area is 104 Å². The summed E-state index contributed by atoms with van der Waals surface area (Å²) in [7, 11) is 0. The zero-order valence-electron chi connectivity index (χ0n) is 9.98. The summed E-state index contributed by atoms with van der Waals surface area (Å²) in [4.78, 5) is 23.1. The van der Waals surface area contributed by atoms with Gasteiger partial charge < -0.3 is 4.74 Å². The molecule has 3 nitrogen and oxygen atoms in total. The Morgan fingerprint density at radius 2 is 2.06 bits per heavy atom. The predicted octanol–water partition coefficient (Wildman–Crippen LogP) is 2.87. The van der Waals surface area contributed by atoms with Crippen LogP contribution in [0.5, 0.6) is 0 Å². The lowest BCUT2D eigenvalue weighted by molar-refractivity contribution is -0.116. The third kappa shape index (κ3) is 2.83. The summed E-state index contributed by atoms with van der Waals surface area (Å²) in [6, 6.07) is 5.60. The molecule has 0 radical (unpaired) electrons. The van der Waals surface area contributed by atoms with Gasteiger partial charge in [-0.05, 0) is 18.1 Å². The number of hydrogen-bond donors (Lipinski definition) is 0. The maximum atomic E-state index is 13.4. The van der Waals surface area contributed by atoms with Crippen LogP contribution >= 0.6 is 0 Å². The number of esters is 1. The van der Waals surface area contributed by atoms with Gasteiger partial charge in [-0.25, -0.2) is 9.18 Å². The van der Waals surface area contributed by atoms with Gasteiger partial charge in [0.15, 0.2) is 5.78 Å². The summed E-state index contributed by atoms with van der Waals surface area (Å²) < 4.78 is 18.4. The molecule has 0 spiro atoms. The highest BCUT2D eigenvalue weighted by Gasteiger charge is 2.21. The van der Waals surface area contributed by atoms with Gasteiger partial charge >= 0.3 is 5.97 Å². The molecule has 0 saturated heterocycles. The number of benzene rings is 1. The Bertz CT molecular complexity index is 520. The van der Waals surface area contributed by atoms with Crippen LogP contribution in [0.3, 0.4) is 0 Å². The van der Waals surface area contributed by atoms with Gasteiger partial charge in [0.25, 0.3) is 0 Å². The molecular weight excluding hydrogens is 235 g/mol. The Kier molecular flexibility index (Phi) is 3.55. The molecule has 0 aromatic heterocycles. The second kappa shape index (κ2) is 5.12. The van der Waals surface area contributed by atoms with Crippen molar-refractivity contribution < 1.29 is 18.7 Å². The zero-order valence-corrected chi connectivity index (χ0v) is 9.98. The Morgan fingerprint density at radius 3 is 2.72 bits per heavy atom. The molecule has 0 bridgehead atoms. The van der Waals surface area contributed by atoms with Crippen molar-refractivity contribution in [3.05, 3.63) is 47.5 Å². The molecule has 0 amide bonds. The smallest absolute Gasteiger partial charge is 0.346 e. The molecule has 4 heteroatoms. The van der Waals surface area contributed by atoms with Gasteiger partial charge in [0, 0.05) is 18.9 Å². The fraction of sp³-hybridized carbons (Fsp3) is 0.286. The van der Waals surface area contributed by atoms with Gasteiger partial charge in [-0.2, -0.15) is 0 Å². The van der Waals surface area contributed by atoms with Crippen molar-refractivity contribution in [3.63, 3.8) is 0 Å². The lowest BCUT2D eigenvalue weighted by Gasteiger charge is -2.17. The first-order valence-electron chi connectivity index (χ1n) is 5.76. The maximum absolute atomic E-state index is 13.4. The third-order valence-corrected chi connectivity index (χ3v) is 2.74. The normalized spacial score (nSPS) is 19.3. The van der Waals surface area contributed by atoms with Crippen LogP contribution in [0.25, 0.3) is 0 Å². The monoisotopic (exact) mass is 248 g/mol. The molecule has 0 saturated carbocycles. The van der Waals surface area contributed by atoms with E-state index in [0.29, 0.717) is 18.6 Å². The highest BCUT2D eigenvalue weighted by Crippen LogP contribution is 2.23. The largest absolute Gasteiger partial charge is 0.427 e. The van der Waals surface area contributed by atoms with E-state index < -0.39 is 11.8 Å². The van der Waals surface area contributed by atoms with Gasteiger partial charge in [0.1, 0.15) is 11.6 Å². The van der Waals surface area contributed by atoms with E-state index in [1.165, 1.54) is 24.3 Å². The number of rotatable bonds is 2. The standard InChI is InChI=1S/C14H13FO3/c1-9-6-10(16)8-11(7-9)18-14(17)12-4-2-3-5-13(12)15/h2-5,8-9H,6-7H2,1H3. The molecule has 0 aliphatic heterocycles. The average Bonchev–Trinajstić information content (AvgIpc) is 2.27. The number of ketones is 1. The number of halogens is 1. The maximum Gasteiger partial charge on any atom is 0.346 e. The first kappa shape index (κ1) is 12.5. The molecule has 1 aromatic carbocycles. The highest BCUT2D eigenvalue weighted by atomic mass is 19.1. The molecule has 94 valence electrons. The van der Waals surface area contributed by atoms with E-state index in [1.54, 1.807) is 6.07 Å². The van der Waals surface area contributed by atoms with E-state index in [-0.39, 0.29) is 17.3 Å². The second-order valence-corrected chi connectivity index (χ2v) is 4.46. The number of carbonyl (C=O) groups is 2. The fourth-order valence-electron chi connectivity index (χ4n) is 1.93. The van der Waals surface area contributed by atoms with Gasteiger partial charge in [-0.3, -0.25) is 4.79 Å². The van der Waals surface area contributed by atoms with Gasteiger partial charge in [0.05, 0.1) is 5.56 Å². The van der Waals surface area contributed by atoms with Crippen LogP contribution in [0.4, 0.5) is 4.39 Å². The SMILES string of the molecule is CC1CC(=O)C=C(OC(=O)c2ccccc2F)C1. The molecule has 1 atom stereocenters. The first-order valence-corrected chi connectivity index (χ1v) is 5.76. The quantitative estimate of drug-likeness (QED) is 0.756. The Balaban J connectivity index is 2.13. The van der Waals surface area contributed by atoms with Crippen molar-refractivity contribution in [1.29, 1.82) is 0 Å². The number of ether oxygens (including phenoxy) is 1. The van der Waals surface area contributed by atoms with Gasteiger partial charge in [0.2, 0.25) is 0 Å². The molecule has 0 N–H and O–H groups in total. The molecule has 0 fully saturated rings. The zero-order chi connectivity index (χ0) is 13.1. The van der Waals surface area contributed by atoms with Crippen molar-refractivity contribution in [1.82, 2.24) is 0 Å². The molecule has 18 heavy (non-hydrogen) atoms. The van der Waals surface area contributed by atoms with Crippen LogP contribution in [0, 0.1) is 11.7 Å². The van der Waals surface area contributed by atoms with Crippen LogP contribution < -0.4 is 0 Å². The molecular formula is C14H13FO3. The molecule has 1 unspecified atom stereocenters. The van der Waals surface area contributed by atoms with Gasteiger partial charge in [-0.15, -0.1) is 0 Å². The minimum atomic E-state index is -0.763. The molecule has 2 rings (SSSR count). The molecule has 0 heterocycles. The van der Waals surface area contributed by atoms with Crippen molar-refractivity contribution >= 4 is 11.8 Å². The number of hydrogen-bond acceptors (Lipinski definition) is 3. The summed E-state index contributed by atoms with van der Waals surface area (Å²) in [5.74, 6) is -0.998. The summed E-state index contributed by atoms with van der Waals surface area (Å²) in [6.07, 6.45) is 2.30. The van der Waals surface area contributed by atoms with Crippen LogP contribution in [0.2, 0.25) is 0 Å². The minimum absolute atomic E-state index is 0.0647. The van der Waals surface area contributed by atoms with E-state index in [2.05, 4.69) is 0 Å². The fourth-order valence-corrected chi connectivity index (χ4v) is 1.93. The Morgan fingerprint density at radius 1 is 1.33 bits per heavy atom. The van der Waals surface area contributed by atoms with Crippen molar-refractivity contribution in [2.75, 3.05) is 0 Å². The van der Waals surface area contributed by atoms with Gasteiger partial charge in [-0.1, -0.05) is 19.1 Å².